The van der Waals surface area contributed by atoms with E-state index in [2.05, 4.69) is 42.4 Å². The molecule has 0 aromatic heterocycles. The lowest BCUT2D eigenvalue weighted by atomic mass is 10.0. The van der Waals surface area contributed by atoms with Gasteiger partial charge in [0.15, 0.2) is 0 Å². The number of fused-ring (bicyclic) bond motifs is 1. The number of hydrogen-bond donors (Lipinski definition) is 1. The van der Waals surface area contributed by atoms with Crippen LogP contribution in [0.3, 0.4) is 0 Å². The van der Waals surface area contributed by atoms with Gasteiger partial charge in [-0.25, -0.2) is 0 Å². The van der Waals surface area contributed by atoms with E-state index < -0.39 is 0 Å². The molecule has 1 N–H and O–H groups in total. The Bertz CT molecular complexity index is 408. The molecule has 1 aliphatic heterocycles. The van der Waals surface area contributed by atoms with Gasteiger partial charge in [0.2, 0.25) is 0 Å². The summed E-state index contributed by atoms with van der Waals surface area (Å²) in [5.41, 5.74) is 2.89. The van der Waals surface area contributed by atoms with Crippen molar-refractivity contribution < 1.29 is 0 Å². The van der Waals surface area contributed by atoms with Gasteiger partial charge in [0, 0.05) is 17.5 Å². The highest BCUT2D eigenvalue weighted by Crippen LogP contribution is 2.31. The molecule has 0 aliphatic carbocycles. The van der Waals surface area contributed by atoms with Crippen LogP contribution in [0.4, 0.5) is 0 Å². The molecule has 0 spiro atoms. The Hall–Kier alpha value is -0.910. The number of thioether (sulfide) groups is 1. The predicted molar refractivity (Wildman–Crippen MR) is 76.0 cm³/mol. The molecular weight excluding hydrogens is 226 g/mol. The zero-order valence-electron chi connectivity index (χ0n) is 10.3. The maximum Gasteiger partial charge on any atom is 0.0691 e. The zero-order chi connectivity index (χ0) is 12.1. The highest BCUT2D eigenvalue weighted by atomic mass is 32.2. The van der Waals surface area contributed by atoms with Crippen molar-refractivity contribution in [2.45, 2.75) is 37.6 Å². The van der Waals surface area contributed by atoms with E-state index >= 15 is 0 Å². The lowest BCUT2D eigenvalue weighted by molar-refractivity contribution is 0.496. The quantitative estimate of drug-likeness (QED) is 0.816. The molecule has 2 atom stereocenters. The summed E-state index contributed by atoms with van der Waals surface area (Å²) in [6.07, 6.45) is 7.76. The third kappa shape index (κ3) is 3.06. The van der Waals surface area contributed by atoms with Crippen molar-refractivity contribution in [3.8, 4) is 12.3 Å². The largest absolute Gasteiger partial charge is 0.296 e. The molecule has 17 heavy (non-hydrogen) atoms. The molecule has 1 nitrogen and oxygen atoms in total. The first-order valence-corrected chi connectivity index (χ1v) is 7.38. The lowest BCUT2D eigenvalue weighted by Crippen LogP contribution is -2.34. The smallest absolute Gasteiger partial charge is 0.0691 e. The van der Waals surface area contributed by atoms with Gasteiger partial charge >= 0.3 is 0 Å². The van der Waals surface area contributed by atoms with Crippen LogP contribution in [0.5, 0.6) is 0 Å². The van der Waals surface area contributed by atoms with Crippen molar-refractivity contribution in [2.24, 2.45) is 0 Å². The van der Waals surface area contributed by atoms with Crippen LogP contribution in [0.15, 0.2) is 24.3 Å². The molecule has 0 fully saturated rings. The molecule has 0 bridgehead atoms. The normalized spacial score (nSPS) is 20.4. The van der Waals surface area contributed by atoms with Gasteiger partial charge in [0.05, 0.1) is 6.04 Å². The van der Waals surface area contributed by atoms with Crippen molar-refractivity contribution in [3.63, 3.8) is 0 Å². The molecule has 1 aromatic carbocycles. The zero-order valence-corrected chi connectivity index (χ0v) is 11.1. The Labute approximate surface area is 108 Å². The Morgan fingerprint density at radius 1 is 1.53 bits per heavy atom. The fraction of sp³-hybridized carbons (Fsp3) is 0.467. The maximum atomic E-state index is 5.58. The maximum absolute atomic E-state index is 5.58. The van der Waals surface area contributed by atoms with E-state index in [1.54, 1.807) is 0 Å². The average Bonchev–Trinajstić information content (AvgIpc) is 2.38. The summed E-state index contributed by atoms with van der Waals surface area (Å²) in [5, 5.41) is 3.61. The molecule has 90 valence electrons. The monoisotopic (exact) mass is 245 g/mol. The third-order valence-electron chi connectivity index (χ3n) is 3.15. The summed E-state index contributed by atoms with van der Waals surface area (Å²) in [7, 11) is 0. The SMILES string of the molecule is C#CC(CCC)NC1CSCc2ccccc21. The Morgan fingerprint density at radius 2 is 2.35 bits per heavy atom. The molecule has 0 amide bonds. The fourth-order valence-electron chi connectivity index (χ4n) is 2.27. The second-order valence-corrected chi connectivity index (χ2v) is 5.47. The molecule has 1 aliphatic rings. The van der Waals surface area contributed by atoms with Gasteiger partial charge < -0.3 is 0 Å². The number of terminal acetylenes is 1. The van der Waals surface area contributed by atoms with Crippen molar-refractivity contribution in [1.29, 1.82) is 0 Å². The van der Waals surface area contributed by atoms with Gasteiger partial charge in [-0.15, -0.1) is 6.42 Å². The number of nitrogens with one attached hydrogen (secondary N) is 1. The molecular formula is C15H19NS. The van der Waals surface area contributed by atoms with Crippen LogP contribution >= 0.6 is 11.8 Å². The summed E-state index contributed by atoms with van der Waals surface area (Å²) in [5.74, 6) is 5.11. The topological polar surface area (TPSA) is 12.0 Å². The van der Waals surface area contributed by atoms with Gasteiger partial charge in [0.25, 0.3) is 0 Å². The van der Waals surface area contributed by atoms with Gasteiger partial charge in [0.1, 0.15) is 0 Å². The summed E-state index contributed by atoms with van der Waals surface area (Å²) >= 11 is 1.99. The molecule has 1 heterocycles. The van der Waals surface area contributed by atoms with E-state index in [9.17, 15) is 0 Å². The first-order valence-electron chi connectivity index (χ1n) is 6.23. The average molecular weight is 245 g/mol. The van der Waals surface area contributed by atoms with Gasteiger partial charge in [-0.2, -0.15) is 11.8 Å². The van der Waals surface area contributed by atoms with Crippen LogP contribution in [0.1, 0.15) is 36.9 Å². The van der Waals surface area contributed by atoms with Crippen LogP contribution in [0.25, 0.3) is 0 Å². The number of hydrogen-bond acceptors (Lipinski definition) is 2. The summed E-state index contributed by atoms with van der Waals surface area (Å²) < 4.78 is 0. The molecule has 0 saturated carbocycles. The number of benzene rings is 1. The molecule has 2 rings (SSSR count). The fourth-order valence-corrected chi connectivity index (χ4v) is 3.38. The second kappa shape index (κ2) is 6.14. The van der Waals surface area contributed by atoms with E-state index in [-0.39, 0.29) is 6.04 Å². The molecule has 1 aromatic rings. The summed E-state index contributed by atoms with van der Waals surface area (Å²) in [4.78, 5) is 0. The van der Waals surface area contributed by atoms with E-state index in [0.717, 1.165) is 24.3 Å². The van der Waals surface area contributed by atoms with Crippen molar-refractivity contribution in [3.05, 3.63) is 35.4 Å². The van der Waals surface area contributed by atoms with E-state index in [0.29, 0.717) is 6.04 Å². The minimum Gasteiger partial charge on any atom is -0.296 e. The van der Waals surface area contributed by atoms with E-state index in [1.807, 2.05) is 11.8 Å². The third-order valence-corrected chi connectivity index (χ3v) is 4.24. The Balaban J connectivity index is 2.11. The molecule has 0 saturated heterocycles. The van der Waals surface area contributed by atoms with Crippen molar-refractivity contribution >= 4 is 11.8 Å². The molecule has 2 unspecified atom stereocenters. The summed E-state index contributed by atoms with van der Waals surface area (Å²) in [6, 6.07) is 9.31. The minimum absolute atomic E-state index is 0.205. The highest BCUT2D eigenvalue weighted by Gasteiger charge is 2.21. The van der Waals surface area contributed by atoms with Crippen LogP contribution in [0.2, 0.25) is 0 Å². The van der Waals surface area contributed by atoms with Gasteiger partial charge in [-0.05, 0) is 17.5 Å². The van der Waals surface area contributed by atoms with Gasteiger partial charge in [-0.3, -0.25) is 5.32 Å². The van der Waals surface area contributed by atoms with E-state index in [4.69, 9.17) is 6.42 Å². The summed E-state index contributed by atoms with van der Waals surface area (Å²) in [6.45, 7) is 2.18. The van der Waals surface area contributed by atoms with Crippen LogP contribution in [-0.2, 0) is 5.75 Å². The van der Waals surface area contributed by atoms with Crippen LogP contribution in [0, 0.1) is 12.3 Å². The number of rotatable bonds is 4. The van der Waals surface area contributed by atoms with Crippen LogP contribution in [-0.4, -0.2) is 11.8 Å². The van der Waals surface area contributed by atoms with Crippen LogP contribution < -0.4 is 5.32 Å². The van der Waals surface area contributed by atoms with E-state index in [1.165, 1.54) is 11.1 Å². The van der Waals surface area contributed by atoms with Crippen molar-refractivity contribution in [2.75, 3.05) is 5.75 Å². The highest BCUT2D eigenvalue weighted by molar-refractivity contribution is 7.98. The first-order chi connectivity index (χ1) is 8.35. The second-order valence-electron chi connectivity index (χ2n) is 4.44. The predicted octanol–water partition coefficient (Wildman–Crippen LogP) is 3.37. The van der Waals surface area contributed by atoms with Gasteiger partial charge in [-0.1, -0.05) is 43.5 Å². The lowest BCUT2D eigenvalue weighted by Gasteiger charge is -2.28. The molecule has 2 heteroatoms. The first kappa shape index (κ1) is 12.5. The Kier molecular flexibility index (Phi) is 4.53. The van der Waals surface area contributed by atoms with Crippen molar-refractivity contribution in [1.82, 2.24) is 5.32 Å². The standard InChI is InChI=1S/C15H19NS/c1-3-7-13(4-2)16-15-11-17-10-12-8-5-6-9-14(12)15/h2,5-6,8-9,13,15-16H,3,7,10-11H2,1H3. The molecule has 0 radical (unpaired) electrons. The Morgan fingerprint density at radius 3 is 3.12 bits per heavy atom. The minimum atomic E-state index is 0.205.